The highest BCUT2D eigenvalue weighted by atomic mass is 16.2. The van der Waals surface area contributed by atoms with Crippen LogP contribution in [0.4, 0.5) is 0 Å². The van der Waals surface area contributed by atoms with E-state index in [4.69, 9.17) is 0 Å². The van der Waals surface area contributed by atoms with E-state index in [1.807, 2.05) is 9.80 Å². The summed E-state index contributed by atoms with van der Waals surface area (Å²) in [5.74, 6) is 1.01. The van der Waals surface area contributed by atoms with Crippen LogP contribution in [0.1, 0.15) is 48.2 Å². The van der Waals surface area contributed by atoms with Gasteiger partial charge >= 0.3 is 0 Å². The fourth-order valence-electron chi connectivity index (χ4n) is 4.56. The lowest BCUT2D eigenvalue weighted by Crippen LogP contribution is -2.48. The fourth-order valence-corrected chi connectivity index (χ4v) is 4.56. The van der Waals surface area contributed by atoms with E-state index in [9.17, 15) is 9.59 Å². The van der Waals surface area contributed by atoms with Gasteiger partial charge in [0.1, 0.15) is 0 Å². The number of nitrogens with zero attached hydrogens (tertiary/aromatic N) is 3. The van der Waals surface area contributed by atoms with Crippen molar-refractivity contribution in [1.29, 1.82) is 0 Å². The van der Waals surface area contributed by atoms with Gasteiger partial charge in [0, 0.05) is 45.1 Å². The molecule has 3 fully saturated rings. The number of aromatic amines is 1. The van der Waals surface area contributed by atoms with E-state index in [1.165, 1.54) is 0 Å². The van der Waals surface area contributed by atoms with Crippen molar-refractivity contribution >= 4 is 11.8 Å². The van der Waals surface area contributed by atoms with Gasteiger partial charge in [0.05, 0.1) is 17.5 Å². The molecule has 2 N–H and O–H groups in total. The number of fused-ring (bicyclic) bond motifs is 1. The van der Waals surface area contributed by atoms with Crippen LogP contribution in [0.25, 0.3) is 0 Å². The van der Waals surface area contributed by atoms with Gasteiger partial charge in [-0.05, 0) is 31.7 Å². The molecule has 0 saturated carbocycles. The van der Waals surface area contributed by atoms with Crippen molar-refractivity contribution < 1.29 is 9.59 Å². The van der Waals surface area contributed by atoms with E-state index in [1.54, 1.807) is 13.1 Å². The molecule has 130 valence electrons. The molecule has 0 bridgehead atoms. The third kappa shape index (κ3) is 2.60. The average molecular weight is 331 g/mol. The number of amides is 2. The van der Waals surface area contributed by atoms with Crippen molar-refractivity contribution in [1.82, 2.24) is 25.3 Å². The Morgan fingerprint density at radius 3 is 2.88 bits per heavy atom. The number of nitrogens with one attached hydrogen (secondary N) is 2. The summed E-state index contributed by atoms with van der Waals surface area (Å²) in [5.41, 5.74) is 1.72. The number of H-pyrrole nitrogens is 1. The SMILES string of the molecule is CC(=O)N1CC[C@@H]2[C@@H](CCN2C(=O)c2cn[nH]c2C2CCNC2)C1. The van der Waals surface area contributed by atoms with Crippen LogP contribution in [-0.4, -0.2) is 70.6 Å². The van der Waals surface area contributed by atoms with Crippen LogP contribution in [0.15, 0.2) is 6.20 Å². The number of hydrogen-bond acceptors (Lipinski definition) is 4. The highest BCUT2D eigenvalue weighted by Crippen LogP contribution is 2.34. The van der Waals surface area contributed by atoms with Gasteiger partial charge < -0.3 is 15.1 Å². The summed E-state index contributed by atoms with van der Waals surface area (Å²) in [6.07, 6.45) is 4.60. The first-order valence-electron chi connectivity index (χ1n) is 8.95. The molecule has 3 saturated heterocycles. The maximum Gasteiger partial charge on any atom is 0.257 e. The van der Waals surface area contributed by atoms with Gasteiger partial charge in [0.25, 0.3) is 5.91 Å². The van der Waals surface area contributed by atoms with Gasteiger partial charge in [0.2, 0.25) is 5.91 Å². The minimum absolute atomic E-state index is 0.106. The highest BCUT2D eigenvalue weighted by Gasteiger charge is 2.42. The summed E-state index contributed by atoms with van der Waals surface area (Å²) < 4.78 is 0. The largest absolute Gasteiger partial charge is 0.343 e. The molecular weight excluding hydrogens is 306 g/mol. The molecular formula is C17H25N5O2. The zero-order valence-electron chi connectivity index (χ0n) is 14.1. The van der Waals surface area contributed by atoms with Crippen molar-refractivity contribution in [3.8, 4) is 0 Å². The molecule has 7 nitrogen and oxygen atoms in total. The number of carbonyl (C=O) groups excluding carboxylic acids is 2. The molecule has 2 amide bonds. The summed E-state index contributed by atoms with van der Waals surface area (Å²) in [6.45, 7) is 5.85. The maximum absolute atomic E-state index is 13.1. The third-order valence-electron chi connectivity index (χ3n) is 5.91. The minimum Gasteiger partial charge on any atom is -0.343 e. The molecule has 0 radical (unpaired) electrons. The van der Waals surface area contributed by atoms with Gasteiger partial charge in [-0.3, -0.25) is 14.7 Å². The van der Waals surface area contributed by atoms with Crippen molar-refractivity contribution in [3.05, 3.63) is 17.5 Å². The van der Waals surface area contributed by atoms with Crippen LogP contribution in [0.3, 0.4) is 0 Å². The van der Waals surface area contributed by atoms with E-state index in [2.05, 4.69) is 15.5 Å². The van der Waals surface area contributed by atoms with Crippen LogP contribution in [0.2, 0.25) is 0 Å². The first kappa shape index (κ1) is 15.6. The van der Waals surface area contributed by atoms with E-state index >= 15 is 0 Å². The Morgan fingerprint density at radius 2 is 2.12 bits per heavy atom. The van der Waals surface area contributed by atoms with E-state index < -0.39 is 0 Å². The minimum atomic E-state index is 0.106. The van der Waals surface area contributed by atoms with Crippen LogP contribution < -0.4 is 5.32 Å². The zero-order valence-corrected chi connectivity index (χ0v) is 14.1. The molecule has 1 unspecified atom stereocenters. The summed E-state index contributed by atoms with van der Waals surface area (Å²) in [5, 5.41) is 10.5. The lowest BCUT2D eigenvalue weighted by molar-refractivity contribution is -0.130. The van der Waals surface area contributed by atoms with E-state index in [-0.39, 0.29) is 17.9 Å². The second kappa shape index (κ2) is 6.20. The summed E-state index contributed by atoms with van der Waals surface area (Å²) >= 11 is 0. The zero-order chi connectivity index (χ0) is 16.7. The maximum atomic E-state index is 13.1. The highest BCUT2D eigenvalue weighted by molar-refractivity contribution is 5.95. The monoisotopic (exact) mass is 331 g/mol. The molecule has 3 aliphatic heterocycles. The molecule has 7 heteroatoms. The molecule has 4 rings (SSSR count). The number of piperidine rings is 1. The van der Waals surface area contributed by atoms with Gasteiger partial charge in [-0.1, -0.05) is 0 Å². The standard InChI is InChI=1S/C17H25N5O2/c1-11(23)21-6-4-15-13(10-21)3-7-22(15)17(24)14-9-19-20-16(14)12-2-5-18-8-12/h9,12-13,15,18H,2-8,10H2,1H3,(H,19,20)/t12?,13-,15+/m0/s1. The van der Waals surface area contributed by atoms with E-state index in [0.29, 0.717) is 11.8 Å². The number of carbonyl (C=O) groups is 2. The van der Waals surface area contributed by atoms with E-state index in [0.717, 1.165) is 63.2 Å². The molecule has 24 heavy (non-hydrogen) atoms. The predicted octanol–water partition coefficient (Wildman–Crippen LogP) is 0.570. The normalized spacial score (nSPS) is 29.8. The smallest absolute Gasteiger partial charge is 0.257 e. The van der Waals surface area contributed by atoms with Crippen LogP contribution in [0.5, 0.6) is 0 Å². The first-order valence-corrected chi connectivity index (χ1v) is 8.95. The van der Waals surface area contributed by atoms with Gasteiger partial charge in [-0.15, -0.1) is 0 Å². The second-order valence-corrected chi connectivity index (χ2v) is 7.26. The summed E-state index contributed by atoms with van der Waals surface area (Å²) in [7, 11) is 0. The molecule has 3 atom stereocenters. The van der Waals surface area contributed by atoms with Crippen molar-refractivity contribution in [2.75, 3.05) is 32.7 Å². The molecule has 1 aromatic heterocycles. The summed E-state index contributed by atoms with van der Waals surface area (Å²) in [4.78, 5) is 28.7. The van der Waals surface area contributed by atoms with Gasteiger partial charge in [0.15, 0.2) is 0 Å². The number of rotatable bonds is 2. The second-order valence-electron chi connectivity index (χ2n) is 7.26. The van der Waals surface area contributed by atoms with Crippen LogP contribution >= 0.6 is 0 Å². The molecule has 4 heterocycles. The Kier molecular flexibility index (Phi) is 4.04. The number of likely N-dealkylation sites (tertiary alicyclic amines) is 2. The fraction of sp³-hybridized carbons (Fsp3) is 0.706. The Labute approximate surface area is 141 Å². The molecule has 0 aliphatic carbocycles. The van der Waals surface area contributed by atoms with Gasteiger partial charge in [-0.25, -0.2) is 0 Å². The molecule has 0 aromatic carbocycles. The van der Waals surface area contributed by atoms with Crippen molar-refractivity contribution in [2.45, 2.75) is 38.1 Å². The Bertz CT molecular complexity index is 637. The molecule has 1 aromatic rings. The quantitative estimate of drug-likeness (QED) is 0.830. The lowest BCUT2D eigenvalue weighted by atomic mass is 9.92. The molecule has 0 spiro atoms. The van der Waals surface area contributed by atoms with Crippen LogP contribution in [-0.2, 0) is 4.79 Å². The number of hydrogen-bond donors (Lipinski definition) is 2. The summed E-state index contributed by atoms with van der Waals surface area (Å²) in [6, 6.07) is 0.262. The molecule has 3 aliphatic rings. The number of aromatic nitrogens is 2. The van der Waals surface area contributed by atoms with Crippen molar-refractivity contribution in [3.63, 3.8) is 0 Å². The van der Waals surface area contributed by atoms with Gasteiger partial charge in [-0.2, -0.15) is 5.10 Å². The van der Waals surface area contributed by atoms with Crippen molar-refractivity contribution in [2.24, 2.45) is 5.92 Å². The average Bonchev–Trinajstić information content (AvgIpc) is 3.31. The topological polar surface area (TPSA) is 81.3 Å². The lowest BCUT2D eigenvalue weighted by Gasteiger charge is -2.37. The first-order chi connectivity index (χ1) is 11.6. The third-order valence-corrected chi connectivity index (χ3v) is 5.91. The Hall–Kier alpha value is -1.89. The Morgan fingerprint density at radius 1 is 1.25 bits per heavy atom. The Balaban J connectivity index is 1.50. The van der Waals surface area contributed by atoms with Crippen LogP contribution in [0, 0.1) is 5.92 Å². The predicted molar refractivity (Wildman–Crippen MR) is 88.6 cm³/mol.